The number of carbonyl (C=O) groups excluding carboxylic acids is 1. The number of rotatable bonds is 6. The van der Waals surface area contributed by atoms with Crippen molar-refractivity contribution in [2.24, 2.45) is 5.84 Å². The van der Waals surface area contributed by atoms with Crippen LogP contribution in [0.25, 0.3) is 0 Å². The summed E-state index contributed by atoms with van der Waals surface area (Å²) in [6, 6.07) is 11.0. The number of unbranched alkanes of at least 4 members (excludes halogenated alkanes) is 1. The van der Waals surface area contributed by atoms with Gasteiger partial charge in [-0.2, -0.15) is 0 Å². The molecule has 0 aliphatic rings. The van der Waals surface area contributed by atoms with E-state index in [1.807, 2.05) is 24.3 Å². The van der Waals surface area contributed by atoms with Gasteiger partial charge in [-0.15, -0.1) is 10.2 Å². The van der Waals surface area contributed by atoms with Crippen LogP contribution in [0.2, 0.25) is 0 Å². The number of nitrogens with zero attached hydrogens (tertiary/aromatic N) is 2. The lowest BCUT2D eigenvalue weighted by molar-refractivity contribution is 0.102. The van der Waals surface area contributed by atoms with Crippen LogP contribution in [0.5, 0.6) is 0 Å². The number of amides is 1. The summed E-state index contributed by atoms with van der Waals surface area (Å²) in [5, 5.41) is 10.3. The Labute approximate surface area is 123 Å². The van der Waals surface area contributed by atoms with Crippen LogP contribution in [0.15, 0.2) is 36.4 Å². The molecule has 2 aromatic rings. The number of benzene rings is 1. The summed E-state index contributed by atoms with van der Waals surface area (Å²) in [5.41, 5.74) is 4.61. The fraction of sp³-hybridized carbons (Fsp3) is 0.267. The Morgan fingerprint density at radius 2 is 1.90 bits per heavy atom. The molecule has 4 N–H and O–H groups in total. The number of hydrogen-bond donors (Lipinski definition) is 3. The molecular formula is C15H19N5O. The molecule has 6 heteroatoms. The Morgan fingerprint density at radius 1 is 1.14 bits per heavy atom. The molecule has 0 aliphatic carbocycles. The zero-order valence-electron chi connectivity index (χ0n) is 12.0. The lowest BCUT2D eigenvalue weighted by atomic mass is 10.1. The highest BCUT2D eigenvalue weighted by Crippen LogP contribution is 2.13. The molecule has 1 heterocycles. The average molecular weight is 285 g/mol. The van der Waals surface area contributed by atoms with Gasteiger partial charge in [-0.05, 0) is 42.7 Å². The number of aryl methyl sites for hydroxylation is 1. The van der Waals surface area contributed by atoms with Gasteiger partial charge in [0, 0.05) is 5.69 Å². The molecule has 0 atom stereocenters. The van der Waals surface area contributed by atoms with Crippen LogP contribution in [-0.4, -0.2) is 16.1 Å². The van der Waals surface area contributed by atoms with Gasteiger partial charge in [0.25, 0.3) is 5.91 Å². The second kappa shape index (κ2) is 7.35. The first-order valence-electron chi connectivity index (χ1n) is 6.93. The lowest BCUT2D eigenvalue weighted by Gasteiger charge is -2.06. The molecule has 0 saturated heterocycles. The van der Waals surface area contributed by atoms with Gasteiger partial charge >= 0.3 is 0 Å². The molecular weight excluding hydrogens is 266 g/mol. The molecule has 0 bridgehead atoms. The van der Waals surface area contributed by atoms with Gasteiger partial charge in [0.1, 0.15) is 0 Å². The standard InChI is InChI=1S/C15H19N5O/c1-2-3-4-11-5-7-12(8-6-11)17-15(21)13-9-10-14(18-16)20-19-13/h5-10H,2-4,16H2,1H3,(H,17,21)(H,18,20). The Hall–Kier alpha value is -2.47. The molecule has 6 nitrogen and oxygen atoms in total. The highest BCUT2D eigenvalue weighted by Gasteiger charge is 2.08. The minimum absolute atomic E-state index is 0.240. The number of hydrazine groups is 1. The largest absolute Gasteiger partial charge is 0.321 e. The van der Waals surface area contributed by atoms with Crippen LogP contribution in [0.1, 0.15) is 35.8 Å². The molecule has 110 valence electrons. The second-order valence-corrected chi connectivity index (χ2v) is 4.70. The van der Waals surface area contributed by atoms with Crippen molar-refractivity contribution < 1.29 is 4.79 Å². The number of nitrogen functional groups attached to an aromatic ring is 1. The third kappa shape index (κ3) is 4.25. The average Bonchev–Trinajstić information content (AvgIpc) is 2.54. The number of aromatic nitrogens is 2. The molecule has 0 saturated carbocycles. The highest BCUT2D eigenvalue weighted by atomic mass is 16.1. The van der Waals surface area contributed by atoms with Crippen molar-refractivity contribution >= 4 is 17.4 Å². The molecule has 1 aromatic heterocycles. The minimum Gasteiger partial charge on any atom is -0.321 e. The summed E-state index contributed by atoms with van der Waals surface area (Å²) in [7, 11) is 0. The van der Waals surface area contributed by atoms with E-state index in [2.05, 4.69) is 27.9 Å². The van der Waals surface area contributed by atoms with E-state index < -0.39 is 0 Å². The maximum atomic E-state index is 12.0. The van der Waals surface area contributed by atoms with Crippen LogP contribution in [0, 0.1) is 0 Å². The van der Waals surface area contributed by atoms with Gasteiger partial charge in [0.05, 0.1) is 0 Å². The minimum atomic E-state index is -0.299. The van der Waals surface area contributed by atoms with Crippen molar-refractivity contribution in [3.05, 3.63) is 47.7 Å². The fourth-order valence-electron chi connectivity index (χ4n) is 1.86. The van der Waals surface area contributed by atoms with E-state index in [9.17, 15) is 4.79 Å². The van der Waals surface area contributed by atoms with Crippen molar-refractivity contribution in [2.75, 3.05) is 10.7 Å². The van der Waals surface area contributed by atoms with Crippen molar-refractivity contribution in [1.82, 2.24) is 10.2 Å². The maximum absolute atomic E-state index is 12.0. The summed E-state index contributed by atoms with van der Waals surface area (Å²) >= 11 is 0. The summed E-state index contributed by atoms with van der Waals surface area (Å²) in [6.45, 7) is 2.17. The Bertz CT molecular complexity index is 580. The first kappa shape index (κ1) is 14.9. The zero-order chi connectivity index (χ0) is 15.1. The monoisotopic (exact) mass is 285 g/mol. The van der Waals surface area contributed by atoms with Crippen molar-refractivity contribution in [3.8, 4) is 0 Å². The fourth-order valence-corrected chi connectivity index (χ4v) is 1.86. The number of nitrogens with two attached hydrogens (primary N) is 1. The summed E-state index contributed by atoms with van der Waals surface area (Å²) in [5.74, 6) is 5.31. The van der Waals surface area contributed by atoms with Gasteiger partial charge in [0.2, 0.25) is 0 Å². The normalized spacial score (nSPS) is 10.2. The summed E-state index contributed by atoms with van der Waals surface area (Å²) < 4.78 is 0. The lowest BCUT2D eigenvalue weighted by Crippen LogP contribution is -2.16. The van der Waals surface area contributed by atoms with Crippen LogP contribution in [0.4, 0.5) is 11.5 Å². The van der Waals surface area contributed by atoms with E-state index in [0.717, 1.165) is 12.1 Å². The number of nitrogens with one attached hydrogen (secondary N) is 2. The topological polar surface area (TPSA) is 92.9 Å². The second-order valence-electron chi connectivity index (χ2n) is 4.70. The predicted molar refractivity (Wildman–Crippen MR) is 82.8 cm³/mol. The van der Waals surface area contributed by atoms with Gasteiger partial charge in [-0.1, -0.05) is 25.5 Å². The van der Waals surface area contributed by atoms with E-state index in [4.69, 9.17) is 5.84 Å². The summed E-state index contributed by atoms with van der Waals surface area (Å²) in [6.07, 6.45) is 3.40. The highest BCUT2D eigenvalue weighted by molar-refractivity contribution is 6.02. The van der Waals surface area contributed by atoms with E-state index >= 15 is 0 Å². The third-order valence-corrected chi connectivity index (χ3v) is 3.08. The van der Waals surface area contributed by atoms with Crippen LogP contribution in [0.3, 0.4) is 0 Å². The van der Waals surface area contributed by atoms with E-state index in [1.54, 1.807) is 12.1 Å². The first-order valence-corrected chi connectivity index (χ1v) is 6.93. The molecule has 2 rings (SSSR count). The predicted octanol–water partition coefficient (Wildman–Crippen LogP) is 2.36. The molecule has 0 aliphatic heterocycles. The van der Waals surface area contributed by atoms with Crippen LogP contribution < -0.4 is 16.6 Å². The molecule has 0 spiro atoms. The zero-order valence-corrected chi connectivity index (χ0v) is 12.0. The molecule has 21 heavy (non-hydrogen) atoms. The molecule has 0 radical (unpaired) electrons. The number of hydrogen-bond acceptors (Lipinski definition) is 5. The van der Waals surface area contributed by atoms with E-state index in [-0.39, 0.29) is 11.6 Å². The smallest absolute Gasteiger partial charge is 0.276 e. The van der Waals surface area contributed by atoms with Gasteiger partial charge in [0.15, 0.2) is 11.5 Å². The quantitative estimate of drug-likeness (QED) is 0.559. The SMILES string of the molecule is CCCCc1ccc(NC(=O)c2ccc(NN)nn2)cc1. The maximum Gasteiger partial charge on any atom is 0.276 e. The Balaban J connectivity index is 1.98. The third-order valence-electron chi connectivity index (χ3n) is 3.08. The Morgan fingerprint density at radius 3 is 2.48 bits per heavy atom. The van der Waals surface area contributed by atoms with Gasteiger partial charge < -0.3 is 10.7 Å². The van der Waals surface area contributed by atoms with Gasteiger partial charge in [-0.25, -0.2) is 5.84 Å². The van der Waals surface area contributed by atoms with E-state index in [1.165, 1.54) is 18.4 Å². The first-order chi connectivity index (χ1) is 10.2. The van der Waals surface area contributed by atoms with Crippen molar-refractivity contribution in [1.29, 1.82) is 0 Å². The van der Waals surface area contributed by atoms with Crippen LogP contribution >= 0.6 is 0 Å². The van der Waals surface area contributed by atoms with Crippen molar-refractivity contribution in [2.45, 2.75) is 26.2 Å². The van der Waals surface area contributed by atoms with Crippen molar-refractivity contribution in [3.63, 3.8) is 0 Å². The Kier molecular flexibility index (Phi) is 5.22. The molecule has 0 unspecified atom stereocenters. The summed E-state index contributed by atoms with van der Waals surface area (Å²) in [4.78, 5) is 12.0. The van der Waals surface area contributed by atoms with Gasteiger partial charge in [-0.3, -0.25) is 4.79 Å². The number of carbonyl (C=O) groups is 1. The molecule has 1 amide bonds. The molecule has 0 fully saturated rings. The molecule has 1 aromatic carbocycles. The van der Waals surface area contributed by atoms with E-state index in [0.29, 0.717) is 5.82 Å². The number of anilines is 2. The van der Waals surface area contributed by atoms with Crippen LogP contribution in [-0.2, 0) is 6.42 Å².